The Kier molecular flexibility index (Phi) is 3.83. The standard InChI is InChI=1S/C12H15BrN2O2/c1-17-6-5-15(16)8-12(14-9-15)10-3-2-4-11(13)7-10/h2-4,7-8,14H,5-6,9H2,1H3. The van der Waals surface area contributed by atoms with Crippen molar-refractivity contribution in [1.82, 2.24) is 5.32 Å². The molecule has 92 valence electrons. The number of hydrogen-bond donors (Lipinski definition) is 1. The summed E-state index contributed by atoms with van der Waals surface area (Å²) in [7, 11) is 1.61. The predicted octanol–water partition coefficient (Wildman–Crippen LogP) is 2.27. The Balaban J connectivity index is 2.16. The van der Waals surface area contributed by atoms with Gasteiger partial charge in [-0.3, -0.25) is 0 Å². The number of ether oxygens (including phenoxy) is 1. The van der Waals surface area contributed by atoms with Crippen LogP contribution < -0.4 is 5.32 Å². The molecular formula is C12H15BrN2O2. The van der Waals surface area contributed by atoms with Crippen molar-refractivity contribution in [3.05, 3.63) is 45.7 Å². The summed E-state index contributed by atoms with van der Waals surface area (Å²) in [6.07, 6.45) is 1.71. The Hall–Kier alpha value is -0.880. The summed E-state index contributed by atoms with van der Waals surface area (Å²) >= 11 is 3.42. The molecule has 17 heavy (non-hydrogen) atoms. The molecule has 0 fully saturated rings. The van der Waals surface area contributed by atoms with Gasteiger partial charge in [0.25, 0.3) is 0 Å². The third kappa shape index (κ3) is 3.07. The molecule has 5 heteroatoms. The SMILES string of the molecule is COCC[N+]1([O-])C=C(c2cccc(Br)c2)NC1. The molecule has 1 aromatic carbocycles. The minimum atomic E-state index is -0.379. The Morgan fingerprint density at radius 3 is 3.06 bits per heavy atom. The summed E-state index contributed by atoms with van der Waals surface area (Å²) in [6, 6.07) is 7.89. The summed E-state index contributed by atoms with van der Waals surface area (Å²) in [5.74, 6) is 0. The van der Waals surface area contributed by atoms with E-state index in [2.05, 4.69) is 21.2 Å². The number of quaternary nitrogens is 1. The first-order valence-corrected chi connectivity index (χ1v) is 6.22. The van der Waals surface area contributed by atoms with Gasteiger partial charge in [0.2, 0.25) is 0 Å². The van der Waals surface area contributed by atoms with Crippen LogP contribution in [-0.4, -0.2) is 31.6 Å². The lowest BCUT2D eigenvalue weighted by Crippen LogP contribution is -2.40. The van der Waals surface area contributed by atoms with Crippen molar-refractivity contribution in [2.24, 2.45) is 0 Å². The highest BCUT2D eigenvalue weighted by molar-refractivity contribution is 9.10. The Bertz CT molecular complexity index is 436. The molecule has 0 saturated carbocycles. The maximum atomic E-state index is 12.2. The molecule has 4 nitrogen and oxygen atoms in total. The van der Waals surface area contributed by atoms with Crippen LogP contribution in [0.2, 0.25) is 0 Å². The first-order valence-electron chi connectivity index (χ1n) is 5.42. The van der Waals surface area contributed by atoms with Gasteiger partial charge in [-0.05, 0) is 12.1 Å². The van der Waals surface area contributed by atoms with Crippen molar-refractivity contribution in [1.29, 1.82) is 0 Å². The van der Waals surface area contributed by atoms with E-state index in [1.165, 1.54) is 0 Å². The van der Waals surface area contributed by atoms with Crippen molar-refractivity contribution in [2.45, 2.75) is 0 Å². The fourth-order valence-corrected chi connectivity index (χ4v) is 2.17. The van der Waals surface area contributed by atoms with Crippen LogP contribution in [0.25, 0.3) is 5.70 Å². The van der Waals surface area contributed by atoms with Gasteiger partial charge in [0, 0.05) is 17.1 Å². The minimum Gasteiger partial charge on any atom is -0.626 e. The first kappa shape index (κ1) is 12.6. The molecule has 1 aliphatic rings. The molecule has 1 aliphatic heterocycles. The molecule has 0 saturated heterocycles. The average molecular weight is 299 g/mol. The maximum Gasteiger partial charge on any atom is 0.156 e. The summed E-state index contributed by atoms with van der Waals surface area (Å²) in [5, 5.41) is 15.4. The molecule has 1 heterocycles. The Morgan fingerprint density at radius 2 is 2.35 bits per heavy atom. The first-order chi connectivity index (χ1) is 8.13. The normalized spacial score (nSPS) is 23.4. The zero-order chi connectivity index (χ0) is 12.3. The van der Waals surface area contributed by atoms with Crippen LogP contribution in [0.5, 0.6) is 0 Å². The van der Waals surface area contributed by atoms with E-state index in [0.29, 0.717) is 19.8 Å². The molecule has 2 rings (SSSR count). The van der Waals surface area contributed by atoms with E-state index in [4.69, 9.17) is 4.74 Å². The van der Waals surface area contributed by atoms with Crippen LogP contribution in [0.1, 0.15) is 5.56 Å². The highest BCUT2D eigenvalue weighted by atomic mass is 79.9. The number of benzene rings is 1. The fourth-order valence-electron chi connectivity index (χ4n) is 1.77. The largest absolute Gasteiger partial charge is 0.626 e. The van der Waals surface area contributed by atoms with Crippen molar-refractivity contribution < 1.29 is 9.38 Å². The molecule has 0 amide bonds. The van der Waals surface area contributed by atoms with Crippen LogP contribution in [0, 0.1) is 5.21 Å². The second-order valence-corrected chi connectivity index (χ2v) is 4.97. The van der Waals surface area contributed by atoms with Gasteiger partial charge in [-0.15, -0.1) is 0 Å². The lowest BCUT2D eigenvalue weighted by atomic mass is 10.2. The molecule has 0 radical (unpaired) electrons. The van der Waals surface area contributed by atoms with Gasteiger partial charge >= 0.3 is 0 Å². The van der Waals surface area contributed by atoms with Gasteiger partial charge < -0.3 is 19.9 Å². The number of methoxy groups -OCH3 is 1. The van der Waals surface area contributed by atoms with Crippen molar-refractivity contribution in [3.63, 3.8) is 0 Å². The second kappa shape index (κ2) is 5.18. The van der Waals surface area contributed by atoms with Crippen LogP contribution >= 0.6 is 15.9 Å². The highest BCUT2D eigenvalue weighted by Gasteiger charge is 2.23. The number of hydrogen-bond acceptors (Lipinski definition) is 3. The number of nitrogens with zero attached hydrogens (tertiary/aromatic N) is 1. The number of halogens is 1. The van der Waals surface area contributed by atoms with Gasteiger partial charge in [-0.1, -0.05) is 28.1 Å². The lowest BCUT2D eigenvalue weighted by molar-refractivity contribution is -0.825. The maximum absolute atomic E-state index is 12.2. The molecule has 1 atom stereocenters. The molecule has 0 bridgehead atoms. The van der Waals surface area contributed by atoms with Gasteiger partial charge in [-0.25, -0.2) is 0 Å². The van der Waals surface area contributed by atoms with Crippen LogP contribution in [0.15, 0.2) is 34.9 Å². The third-order valence-electron chi connectivity index (χ3n) is 2.71. The van der Waals surface area contributed by atoms with E-state index in [9.17, 15) is 5.21 Å². The van der Waals surface area contributed by atoms with E-state index in [1.54, 1.807) is 13.3 Å². The average Bonchev–Trinajstić information content (AvgIpc) is 2.70. The summed E-state index contributed by atoms with van der Waals surface area (Å²) in [4.78, 5) is 0. The van der Waals surface area contributed by atoms with Crippen LogP contribution in [0.4, 0.5) is 0 Å². The zero-order valence-electron chi connectivity index (χ0n) is 9.65. The topological polar surface area (TPSA) is 44.3 Å². The summed E-state index contributed by atoms with van der Waals surface area (Å²) in [6.45, 7) is 1.26. The monoisotopic (exact) mass is 298 g/mol. The summed E-state index contributed by atoms with van der Waals surface area (Å²) < 4.78 is 5.57. The molecule has 0 aliphatic carbocycles. The predicted molar refractivity (Wildman–Crippen MR) is 70.5 cm³/mol. The second-order valence-electron chi connectivity index (χ2n) is 4.06. The van der Waals surface area contributed by atoms with E-state index in [-0.39, 0.29) is 4.65 Å². The van der Waals surface area contributed by atoms with Crippen molar-refractivity contribution in [2.75, 3.05) is 26.9 Å². The number of hydroxylamine groups is 3. The van der Waals surface area contributed by atoms with Gasteiger partial charge in [-0.2, -0.15) is 0 Å². The summed E-state index contributed by atoms with van der Waals surface area (Å²) in [5.41, 5.74) is 1.91. The smallest absolute Gasteiger partial charge is 0.156 e. The molecule has 1 unspecified atom stereocenters. The Morgan fingerprint density at radius 1 is 1.53 bits per heavy atom. The third-order valence-corrected chi connectivity index (χ3v) is 3.20. The molecule has 0 spiro atoms. The molecule has 0 aromatic heterocycles. The van der Waals surface area contributed by atoms with Crippen molar-refractivity contribution in [3.8, 4) is 0 Å². The van der Waals surface area contributed by atoms with Crippen LogP contribution in [0.3, 0.4) is 0 Å². The van der Waals surface area contributed by atoms with Crippen molar-refractivity contribution >= 4 is 21.6 Å². The van der Waals surface area contributed by atoms with Crippen LogP contribution in [-0.2, 0) is 4.74 Å². The van der Waals surface area contributed by atoms with Gasteiger partial charge in [0.1, 0.15) is 18.4 Å². The van der Waals surface area contributed by atoms with Gasteiger partial charge in [0.15, 0.2) is 6.67 Å². The van der Waals surface area contributed by atoms with E-state index in [0.717, 1.165) is 15.7 Å². The fraction of sp³-hybridized carbons (Fsp3) is 0.333. The molecule has 1 aromatic rings. The molecular weight excluding hydrogens is 284 g/mol. The number of nitrogens with one attached hydrogen (secondary N) is 1. The van der Waals surface area contributed by atoms with E-state index >= 15 is 0 Å². The minimum absolute atomic E-state index is 0.366. The van der Waals surface area contributed by atoms with E-state index < -0.39 is 0 Å². The highest BCUT2D eigenvalue weighted by Crippen LogP contribution is 2.23. The molecule has 1 N–H and O–H groups in total. The quantitative estimate of drug-likeness (QED) is 0.685. The lowest BCUT2D eigenvalue weighted by Gasteiger charge is -2.34. The van der Waals surface area contributed by atoms with E-state index in [1.807, 2.05) is 24.3 Å². The Labute approximate surface area is 109 Å². The number of rotatable bonds is 4. The zero-order valence-corrected chi connectivity index (χ0v) is 11.2. The van der Waals surface area contributed by atoms with Gasteiger partial charge in [0.05, 0.1) is 6.61 Å².